The third kappa shape index (κ3) is 4.62. The molecule has 2 aromatic rings. The van der Waals surface area contributed by atoms with Crippen LogP contribution in [0.3, 0.4) is 0 Å². The molecule has 0 aliphatic carbocycles. The van der Waals surface area contributed by atoms with Crippen molar-refractivity contribution in [2.24, 2.45) is 5.73 Å². The summed E-state index contributed by atoms with van der Waals surface area (Å²) in [6, 6.07) is 12.9. The van der Waals surface area contributed by atoms with Gasteiger partial charge in [-0.3, -0.25) is 4.79 Å². The van der Waals surface area contributed by atoms with Crippen molar-refractivity contribution in [3.05, 3.63) is 62.5 Å². The maximum Gasteiger partial charge on any atom is 0.256 e. The van der Waals surface area contributed by atoms with E-state index < -0.39 is 0 Å². The van der Waals surface area contributed by atoms with Gasteiger partial charge in [-0.2, -0.15) is 0 Å². The van der Waals surface area contributed by atoms with E-state index >= 15 is 0 Å². The number of carbonyl (C=O) groups is 1. The lowest BCUT2D eigenvalue weighted by Crippen LogP contribution is -2.13. The number of benzene rings is 2. The number of rotatable bonds is 4. The summed E-state index contributed by atoms with van der Waals surface area (Å²) in [6.45, 7) is 0. The van der Waals surface area contributed by atoms with Crippen molar-refractivity contribution in [3.8, 4) is 0 Å². The molecule has 0 bridgehead atoms. The van der Waals surface area contributed by atoms with E-state index in [2.05, 4.69) is 37.2 Å². The van der Waals surface area contributed by atoms with Crippen LogP contribution in [0.1, 0.15) is 15.9 Å². The van der Waals surface area contributed by atoms with Crippen molar-refractivity contribution in [2.75, 3.05) is 5.32 Å². The average Bonchev–Trinajstić information content (AvgIpc) is 2.40. The second-order valence-electron chi connectivity index (χ2n) is 4.42. The monoisotopic (exact) mass is 426 g/mol. The van der Waals surface area contributed by atoms with Crippen LogP contribution in [0.2, 0.25) is 0 Å². The second-order valence-corrected chi connectivity index (χ2v) is 6.71. The van der Waals surface area contributed by atoms with Gasteiger partial charge in [0, 0.05) is 21.1 Å². The van der Waals surface area contributed by atoms with Gasteiger partial charge >= 0.3 is 0 Å². The molecule has 0 aliphatic heterocycles. The number of thiocarbonyl (C=S) groups is 1. The molecule has 0 unspecified atom stereocenters. The summed E-state index contributed by atoms with van der Waals surface area (Å²) in [5, 5.41) is 2.85. The highest BCUT2D eigenvalue weighted by molar-refractivity contribution is 9.11. The van der Waals surface area contributed by atoms with Crippen LogP contribution < -0.4 is 11.1 Å². The molecule has 1 amide bonds. The van der Waals surface area contributed by atoms with Crippen LogP contribution in [0.5, 0.6) is 0 Å². The number of nitrogens with two attached hydrogens (primary N) is 1. The predicted octanol–water partition coefficient (Wildman–Crippen LogP) is 4.29. The number of nitrogens with one attached hydrogen (secondary N) is 1. The van der Waals surface area contributed by atoms with Gasteiger partial charge in [-0.1, -0.05) is 40.3 Å². The third-order valence-electron chi connectivity index (χ3n) is 2.77. The molecule has 0 atom stereocenters. The van der Waals surface area contributed by atoms with Gasteiger partial charge in [-0.25, -0.2) is 0 Å². The largest absolute Gasteiger partial charge is 0.393 e. The van der Waals surface area contributed by atoms with Crippen LogP contribution in [-0.4, -0.2) is 10.9 Å². The highest BCUT2D eigenvalue weighted by Crippen LogP contribution is 2.23. The second kappa shape index (κ2) is 7.15. The number of carbonyl (C=O) groups excluding carboxylic acids is 1. The molecule has 0 saturated heterocycles. The topological polar surface area (TPSA) is 55.1 Å². The van der Waals surface area contributed by atoms with Crippen LogP contribution in [0.25, 0.3) is 0 Å². The summed E-state index contributed by atoms with van der Waals surface area (Å²) in [5.74, 6) is -0.170. The smallest absolute Gasteiger partial charge is 0.256 e. The Hall–Kier alpha value is -1.24. The van der Waals surface area contributed by atoms with E-state index in [1.807, 2.05) is 36.4 Å². The molecule has 0 saturated carbocycles. The fourth-order valence-electron chi connectivity index (χ4n) is 1.78. The molecule has 0 aliphatic rings. The first-order valence-corrected chi connectivity index (χ1v) is 8.09. The van der Waals surface area contributed by atoms with Crippen molar-refractivity contribution in [3.63, 3.8) is 0 Å². The Balaban J connectivity index is 2.10. The van der Waals surface area contributed by atoms with Gasteiger partial charge in [0.25, 0.3) is 5.91 Å². The van der Waals surface area contributed by atoms with Crippen molar-refractivity contribution in [2.45, 2.75) is 6.42 Å². The Kier molecular flexibility index (Phi) is 5.50. The van der Waals surface area contributed by atoms with Crippen molar-refractivity contribution in [1.29, 1.82) is 0 Å². The highest BCUT2D eigenvalue weighted by Gasteiger charge is 2.10. The van der Waals surface area contributed by atoms with E-state index in [0.29, 0.717) is 17.0 Å². The molecule has 3 N–H and O–H groups in total. The summed E-state index contributed by atoms with van der Waals surface area (Å²) < 4.78 is 1.65. The minimum absolute atomic E-state index is 0.170. The first-order chi connectivity index (χ1) is 9.95. The van der Waals surface area contributed by atoms with E-state index in [-0.39, 0.29) is 5.91 Å². The van der Waals surface area contributed by atoms with Crippen molar-refractivity contribution < 1.29 is 4.79 Å². The Labute approximate surface area is 145 Å². The number of anilines is 1. The minimum Gasteiger partial charge on any atom is -0.393 e. The van der Waals surface area contributed by atoms with Crippen LogP contribution in [0, 0.1) is 0 Å². The van der Waals surface area contributed by atoms with E-state index in [1.54, 1.807) is 6.07 Å². The summed E-state index contributed by atoms with van der Waals surface area (Å²) in [5.41, 5.74) is 7.82. The summed E-state index contributed by atoms with van der Waals surface area (Å²) in [4.78, 5) is 12.7. The van der Waals surface area contributed by atoms with Gasteiger partial charge in [0.15, 0.2) is 0 Å². The first-order valence-electron chi connectivity index (χ1n) is 6.09. The molecular formula is C15H12Br2N2OS. The van der Waals surface area contributed by atoms with E-state index in [1.165, 1.54) is 0 Å². The lowest BCUT2D eigenvalue weighted by Gasteiger charge is -2.08. The molecule has 0 fully saturated rings. The Bertz CT molecular complexity index is 687. The molecular weight excluding hydrogens is 416 g/mol. The van der Waals surface area contributed by atoms with Crippen LogP contribution in [0.15, 0.2) is 51.4 Å². The molecule has 2 rings (SSSR count). The van der Waals surface area contributed by atoms with Gasteiger partial charge in [0.2, 0.25) is 0 Å². The lowest BCUT2D eigenvalue weighted by atomic mass is 10.1. The quantitative estimate of drug-likeness (QED) is 0.715. The zero-order valence-electron chi connectivity index (χ0n) is 10.9. The minimum atomic E-state index is -0.170. The van der Waals surface area contributed by atoms with Crippen molar-refractivity contribution >= 4 is 60.7 Å². The molecule has 0 spiro atoms. The fraction of sp³-hybridized carbons (Fsp3) is 0.0667. The number of hydrogen-bond acceptors (Lipinski definition) is 2. The highest BCUT2D eigenvalue weighted by atomic mass is 79.9. The molecule has 2 aromatic carbocycles. The van der Waals surface area contributed by atoms with Crippen LogP contribution in [-0.2, 0) is 6.42 Å². The van der Waals surface area contributed by atoms with Gasteiger partial charge in [0.05, 0.1) is 10.6 Å². The fourth-order valence-corrected chi connectivity index (χ4v) is 3.17. The first kappa shape index (κ1) is 16.1. The zero-order chi connectivity index (χ0) is 15.4. The molecule has 0 radical (unpaired) electrons. The molecule has 0 heterocycles. The Morgan fingerprint density at radius 3 is 2.38 bits per heavy atom. The number of hydrogen-bond donors (Lipinski definition) is 2. The van der Waals surface area contributed by atoms with E-state index in [0.717, 1.165) is 20.2 Å². The molecule has 3 nitrogen and oxygen atoms in total. The van der Waals surface area contributed by atoms with Gasteiger partial charge in [-0.15, -0.1) is 0 Å². The van der Waals surface area contributed by atoms with E-state index in [4.69, 9.17) is 18.0 Å². The Morgan fingerprint density at radius 2 is 1.81 bits per heavy atom. The lowest BCUT2D eigenvalue weighted by molar-refractivity contribution is 0.102. The zero-order valence-corrected chi connectivity index (χ0v) is 14.9. The maximum atomic E-state index is 12.2. The van der Waals surface area contributed by atoms with Gasteiger partial charge < -0.3 is 11.1 Å². The van der Waals surface area contributed by atoms with Crippen molar-refractivity contribution in [1.82, 2.24) is 0 Å². The standard InChI is InChI=1S/C15H12Br2N2OS/c16-10-3-6-12(13(17)8-10)15(20)19-11-4-1-9(2-5-11)7-14(18)21/h1-6,8H,7H2,(H2,18,21)(H,19,20). The average molecular weight is 428 g/mol. The van der Waals surface area contributed by atoms with Crippen LogP contribution >= 0.6 is 44.1 Å². The molecule has 108 valence electrons. The van der Waals surface area contributed by atoms with Crippen LogP contribution in [0.4, 0.5) is 5.69 Å². The summed E-state index contributed by atoms with van der Waals surface area (Å²) >= 11 is 11.6. The summed E-state index contributed by atoms with van der Waals surface area (Å²) in [7, 11) is 0. The number of halogens is 2. The SMILES string of the molecule is NC(=S)Cc1ccc(NC(=O)c2ccc(Br)cc2Br)cc1. The van der Waals surface area contributed by atoms with Gasteiger partial charge in [-0.05, 0) is 51.8 Å². The maximum absolute atomic E-state index is 12.2. The Morgan fingerprint density at radius 1 is 1.14 bits per heavy atom. The normalized spacial score (nSPS) is 10.2. The predicted molar refractivity (Wildman–Crippen MR) is 96.7 cm³/mol. The molecule has 0 aromatic heterocycles. The summed E-state index contributed by atoms with van der Waals surface area (Å²) in [6.07, 6.45) is 0.557. The molecule has 6 heteroatoms. The van der Waals surface area contributed by atoms with E-state index in [9.17, 15) is 4.79 Å². The number of amides is 1. The van der Waals surface area contributed by atoms with Gasteiger partial charge in [0.1, 0.15) is 0 Å². The third-order valence-corrected chi connectivity index (χ3v) is 4.06. The molecule has 21 heavy (non-hydrogen) atoms.